The van der Waals surface area contributed by atoms with Crippen LogP contribution in [0.2, 0.25) is 0 Å². The first-order chi connectivity index (χ1) is 5.42. The average Bonchev–Trinajstić information content (AvgIpc) is 1.83. The molecule has 0 rings (SSSR count). The third kappa shape index (κ3) is 9.58. The van der Waals surface area contributed by atoms with Gasteiger partial charge in [0, 0.05) is 6.42 Å². The van der Waals surface area contributed by atoms with E-state index in [1.807, 2.05) is 0 Å². The molecule has 0 aliphatic heterocycles. The van der Waals surface area contributed by atoms with Crippen molar-refractivity contribution in [1.82, 2.24) is 0 Å². The average molecular weight is 194 g/mol. The molecule has 0 saturated heterocycles. The largest absolute Gasteiger partial charge is 0.300 e. The highest BCUT2D eigenvalue weighted by Crippen LogP contribution is 1.98. The van der Waals surface area contributed by atoms with Crippen molar-refractivity contribution in [2.45, 2.75) is 26.2 Å². The molecule has 0 radical (unpaired) electrons. The van der Waals surface area contributed by atoms with Crippen molar-refractivity contribution in [3.05, 3.63) is 0 Å². The molecule has 0 unspecified atom stereocenters. The predicted octanol–water partition coefficient (Wildman–Crippen LogP) is 0.722. The van der Waals surface area contributed by atoms with Gasteiger partial charge in [-0.05, 0) is 19.8 Å². The van der Waals surface area contributed by atoms with Gasteiger partial charge in [-0.15, -0.1) is 0 Å². The summed E-state index contributed by atoms with van der Waals surface area (Å²) in [6.45, 7) is 1.68. The molecule has 0 atom stereocenters. The second kappa shape index (κ2) is 5.27. The number of rotatable bonds is 6. The first kappa shape index (κ1) is 11.6. The Hall–Kier alpha value is -0.420. The maximum atomic E-state index is 10.4. The van der Waals surface area contributed by atoms with Gasteiger partial charge in [0.2, 0.25) is 0 Å². The monoisotopic (exact) mass is 194 g/mol. The Morgan fingerprint density at radius 3 is 2.33 bits per heavy atom. The lowest BCUT2D eigenvalue weighted by Gasteiger charge is -1.99. The molecule has 5 heteroatoms. The van der Waals surface area contributed by atoms with Gasteiger partial charge in [0.25, 0.3) is 10.1 Å². The molecular formula is C7H14O4S. The summed E-state index contributed by atoms with van der Waals surface area (Å²) in [7, 11) is -3.31. The van der Waals surface area contributed by atoms with E-state index in [0.717, 1.165) is 6.26 Å². The summed E-state index contributed by atoms with van der Waals surface area (Å²) in [6, 6.07) is 0. The first-order valence-electron chi connectivity index (χ1n) is 3.75. The van der Waals surface area contributed by atoms with E-state index in [1.54, 1.807) is 0 Å². The van der Waals surface area contributed by atoms with Gasteiger partial charge in [-0.2, -0.15) is 8.42 Å². The second-order valence-corrected chi connectivity index (χ2v) is 4.33. The number of unbranched alkanes of at least 4 members (excludes halogenated alkanes) is 1. The Balaban J connectivity index is 3.29. The van der Waals surface area contributed by atoms with Crippen LogP contribution < -0.4 is 0 Å². The summed E-state index contributed by atoms with van der Waals surface area (Å²) in [5, 5.41) is 0. The van der Waals surface area contributed by atoms with Crippen LogP contribution >= 0.6 is 0 Å². The van der Waals surface area contributed by atoms with Crippen LogP contribution in [-0.2, 0) is 19.1 Å². The highest BCUT2D eigenvalue weighted by atomic mass is 32.2. The summed E-state index contributed by atoms with van der Waals surface area (Å²) < 4.78 is 25.4. The highest BCUT2D eigenvalue weighted by molar-refractivity contribution is 7.85. The molecular weight excluding hydrogens is 180 g/mol. The van der Waals surface area contributed by atoms with Crippen molar-refractivity contribution in [1.29, 1.82) is 0 Å². The smallest absolute Gasteiger partial charge is 0.264 e. The zero-order valence-corrected chi connectivity index (χ0v) is 8.19. The number of carbonyl (C=O) groups excluding carboxylic acids is 1. The van der Waals surface area contributed by atoms with E-state index in [9.17, 15) is 13.2 Å². The molecule has 0 aliphatic rings. The third-order valence-electron chi connectivity index (χ3n) is 1.22. The van der Waals surface area contributed by atoms with Gasteiger partial charge in [0.1, 0.15) is 5.78 Å². The molecule has 0 bridgehead atoms. The predicted molar refractivity (Wildman–Crippen MR) is 45.3 cm³/mol. The molecule has 0 aliphatic carbocycles. The van der Waals surface area contributed by atoms with Crippen molar-refractivity contribution in [3.8, 4) is 0 Å². The van der Waals surface area contributed by atoms with Crippen LogP contribution in [0.25, 0.3) is 0 Å². The molecule has 4 nitrogen and oxygen atoms in total. The van der Waals surface area contributed by atoms with Crippen LogP contribution in [0.1, 0.15) is 26.2 Å². The molecule has 0 aromatic carbocycles. The number of ketones is 1. The van der Waals surface area contributed by atoms with Crippen LogP contribution in [0, 0.1) is 0 Å². The van der Waals surface area contributed by atoms with E-state index >= 15 is 0 Å². The molecule has 0 N–H and O–H groups in total. The highest BCUT2D eigenvalue weighted by Gasteiger charge is 2.00. The lowest BCUT2D eigenvalue weighted by Crippen LogP contribution is -2.04. The topological polar surface area (TPSA) is 60.4 Å². The van der Waals surface area contributed by atoms with Gasteiger partial charge < -0.3 is 4.79 Å². The van der Waals surface area contributed by atoms with Crippen LogP contribution in [0.5, 0.6) is 0 Å². The maximum Gasteiger partial charge on any atom is 0.264 e. The van der Waals surface area contributed by atoms with Gasteiger partial charge >= 0.3 is 0 Å². The van der Waals surface area contributed by atoms with Crippen molar-refractivity contribution in [2.75, 3.05) is 12.9 Å². The number of Topliss-reactive ketones (excluding diaryl/α,β-unsaturated/α-hetero) is 1. The number of hydrogen-bond acceptors (Lipinski definition) is 4. The fourth-order valence-electron chi connectivity index (χ4n) is 0.686. The molecule has 0 saturated carbocycles. The van der Waals surface area contributed by atoms with Crippen LogP contribution in [0.4, 0.5) is 0 Å². The zero-order valence-electron chi connectivity index (χ0n) is 7.37. The van der Waals surface area contributed by atoms with E-state index in [0.29, 0.717) is 19.3 Å². The minimum Gasteiger partial charge on any atom is -0.300 e. The molecule has 0 heterocycles. The van der Waals surface area contributed by atoms with E-state index in [4.69, 9.17) is 0 Å². The van der Waals surface area contributed by atoms with E-state index < -0.39 is 10.1 Å². The Morgan fingerprint density at radius 1 is 1.33 bits per heavy atom. The maximum absolute atomic E-state index is 10.4. The van der Waals surface area contributed by atoms with Gasteiger partial charge in [0.15, 0.2) is 0 Å². The van der Waals surface area contributed by atoms with Crippen molar-refractivity contribution >= 4 is 15.9 Å². The standard InChI is InChI=1S/C7H14O4S/c1-7(8)5-3-4-6-11-12(2,9)10/h3-6H2,1-2H3. The minimum atomic E-state index is -3.31. The second-order valence-electron chi connectivity index (χ2n) is 2.69. The Labute approximate surface area is 73.0 Å². The first-order valence-corrected chi connectivity index (χ1v) is 5.57. The Kier molecular flexibility index (Phi) is 5.08. The molecule has 0 aromatic heterocycles. The lowest BCUT2D eigenvalue weighted by molar-refractivity contribution is -0.117. The van der Waals surface area contributed by atoms with Gasteiger partial charge in [0.05, 0.1) is 12.9 Å². The van der Waals surface area contributed by atoms with E-state index in [-0.39, 0.29) is 12.4 Å². The molecule has 12 heavy (non-hydrogen) atoms. The fraction of sp³-hybridized carbons (Fsp3) is 0.857. The van der Waals surface area contributed by atoms with Crippen molar-refractivity contribution in [2.24, 2.45) is 0 Å². The Bertz CT molecular complexity index is 230. The van der Waals surface area contributed by atoms with Crippen LogP contribution in [0.3, 0.4) is 0 Å². The third-order valence-corrected chi connectivity index (χ3v) is 1.82. The lowest BCUT2D eigenvalue weighted by atomic mass is 10.2. The zero-order chi connectivity index (χ0) is 9.61. The van der Waals surface area contributed by atoms with Gasteiger partial charge in [-0.3, -0.25) is 4.18 Å². The summed E-state index contributed by atoms with van der Waals surface area (Å²) >= 11 is 0. The Morgan fingerprint density at radius 2 is 1.92 bits per heavy atom. The SMILES string of the molecule is CC(=O)CCCCOS(C)(=O)=O. The fourth-order valence-corrected chi connectivity index (χ4v) is 1.11. The van der Waals surface area contributed by atoms with Crippen molar-refractivity contribution < 1.29 is 17.4 Å². The van der Waals surface area contributed by atoms with E-state index in [2.05, 4.69) is 4.18 Å². The van der Waals surface area contributed by atoms with Gasteiger partial charge in [-0.1, -0.05) is 0 Å². The van der Waals surface area contributed by atoms with Crippen LogP contribution in [0.15, 0.2) is 0 Å². The van der Waals surface area contributed by atoms with Gasteiger partial charge in [-0.25, -0.2) is 0 Å². The number of hydrogen-bond donors (Lipinski definition) is 0. The summed E-state index contributed by atoms with van der Waals surface area (Å²) in [4.78, 5) is 10.4. The number of carbonyl (C=O) groups is 1. The summed E-state index contributed by atoms with van der Waals surface area (Å²) in [6.07, 6.45) is 2.79. The molecule has 0 amide bonds. The quantitative estimate of drug-likeness (QED) is 0.462. The molecule has 0 spiro atoms. The van der Waals surface area contributed by atoms with Crippen molar-refractivity contribution in [3.63, 3.8) is 0 Å². The molecule has 0 aromatic rings. The summed E-state index contributed by atoms with van der Waals surface area (Å²) in [5.74, 6) is 0.120. The molecule has 0 fully saturated rings. The summed E-state index contributed by atoms with van der Waals surface area (Å²) in [5.41, 5.74) is 0. The molecule has 72 valence electrons. The normalized spacial score (nSPS) is 11.5. The van der Waals surface area contributed by atoms with E-state index in [1.165, 1.54) is 6.92 Å². The minimum absolute atomic E-state index is 0.120. The van der Waals surface area contributed by atoms with Crippen LogP contribution in [-0.4, -0.2) is 27.1 Å².